The molecule has 0 radical (unpaired) electrons. The van der Waals surface area contributed by atoms with Crippen molar-refractivity contribution in [2.75, 3.05) is 26.3 Å². The Labute approximate surface area is 97.0 Å². The zero-order valence-corrected chi connectivity index (χ0v) is 9.46. The minimum Gasteiger partial charge on any atom is -0.378 e. The number of rotatable bonds is 1. The van der Waals surface area contributed by atoms with E-state index in [0.717, 1.165) is 0 Å². The molecular weight excluding hydrogens is 228 g/mol. The molecule has 1 saturated heterocycles. The van der Waals surface area contributed by atoms with Gasteiger partial charge >= 0.3 is 6.03 Å². The maximum atomic E-state index is 11.6. The molecule has 0 unspecified atom stereocenters. The molecule has 1 aromatic rings. The van der Waals surface area contributed by atoms with Gasteiger partial charge < -0.3 is 9.64 Å². The van der Waals surface area contributed by atoms with E-state index in [4.69, 9.17) is 4.74 Å². The second-order valence-electron chi connectivity index (χ2n) is 3.34. The first kappa shape index (κ1) is 11.1. The molecule has 1 aliphatic rings. The molecule has 3 amide bonds. The molecular formula is C10H12N2O3S. The van der Waals surface area contributed by atoms with E-state index < -0.39 is 0 Å². The summed E-state index contributed by atoms with van der Waals surface area (Å²) >= 11 is 1.31. The third-order valence-corrected chi connectivity index (χ3v) is 3.13. The number of morpholine rings is 1. The van der Waals surface area contributed by atoms with Gasteiger partial charge in [-0.1, -0.05) is 6.07 Å². The highest BCUT2D eigenvalue weighted by molar-refractivity contribution is 7.12. The van der Waals surface area contributed by atoms with Crippen molar-refractivity contribution < 1.29 is 14.3 Å². The van der Waals surface area contributed by atoms with Gasteiger partial charge in [0.25, 0.3) is 5.91 Å². The van der Waals surface area contributed by atoms with Crippen LogP contribution in [0.1, 0.15) is 9.67 Å². The van der Waals surface area contributed by atoms with E-state index in [-0.39, 0.29) is 11.9 Å². The third-order valence-electron chi connectivity index (χ3n) is 2.26. The topological polar surface area (TPSA) is 58.6 Å². The van der Waals surface area contributed by atoms with Gasteiger partial charge in [0.15, 0.2) is 0 Å². The summed E-state index contributed by atoms with van der Waals surface area (Å²) in [6, 6.07) is 3.12. The lowest BCUT2D eigenvalue weighted by atomic mass is 10.4. The summed E-state index contributed by atoms with van der Waals surface area (Å²) in [5.41, 5.74) is 0. The highest BCUT2D eigenvalue weighted by atomic mass is 32.1. The first-order chi connectivity index (χ1) is 7.77. The SMILES string of the molecule is O=C(NC(=O)N1CCOCC1)c1cccs1. The van der Waals surface area contributed by atoms with Gasteiger partial charge in [-0.05, 0) is 11.4 Å². The fourth-order valence-corrected chi connectivity index (χ4v) is 2.03. The lowest BCUT2D eigenvalue weighted by molar-refractivity contribution is 0.0524. The van der Waals surface area contributed by atoms with Crippen LogP contribution in [0.25, 0.3) is 0 Å². The van der Waals surface area contributed by atoms with Crippen LogP contribution in [-0.4, -0.2) is 43.1 Å². The molecule has 0 aromatic carbocycles. The van der Waals surface area contributed by atoms with Crippen LogP contribution in [0.3, 0.4) is 0 Å². The number of hydrogen-bond donors (Lipinski definition) is 1. The number of nitrogens with one attached hydrogen (secondary N) is 1. The fraction of sp³-hybridized carbons (Fsp3) is 0.400. The predicted molar refractivity (Wildman–Crippen MR) is 59.6 cm³/mol. The summed E-state index contributed by atoms with van der Waals surface area (Å²) in [5, 5.41) is 4.15. The van der Waals surface area contributed by atoms with Crippen molar-refractivity contribution >= 4 is 23.3 Å². The molecule has 0 spiro atoms. The molecule has 1 fully saturated rings. The Bertz CT molecular complexity index is 371. The van der Waals surface area contributed by atoms with E-state index in [2.05, 4.69) is 5.32 Å². The van der Waals surface area contributed by atoms with Crippen molar-refractivity contribution in [3.8, 4) is 0 Å². The number of amides is 3. The summed E-state index contributed by atoms with van der Waals surface area (Å²) in [5.74, 6) is -0.341. The monoisotopic (exact) mass is 240 g/mol. The zero-order chi connectivity index (χ0) is 11.4. The summed E-state index contributed by atoms with van der Waals surface area (Å²) in [6.45, 7) is 2.12. The Morgan fingerprint density at radius 3 is 2.75 bits per heavy atom. The first-order valence-corrected chi connectivity index (χ1v) is 5.87. The highest BCUT2D eigenvalue weighted by Crippen LogP contribution is 2.08. The summed E-state index contributed by atoms with van der Waals surface area (Å²) in [6.07, 6.45) is 0. The lowest BCUT2D eigenvalue weighted by Gasteiger charge is -2.26. The maximum absolute atomic E-state index is 11.6. The van der Waals surface area contributed by atoms with Crippen LogP contribution in [0.4, 0.5) is 4.79 Å². The number of carbonyl (C=O) groups is 2. The molecule has 2 heterocycles. The van der Waals surface area contributed by atoms with Crippen molar-refractivity contribution in [1.29, 1.82) is 0 Å². The van der Waals surface area contributed by atoms with Crippen LogP contribution in [0.2, 0.25) is 0 Å². The molecule has 0 saturated carbocycles. The predicted octanol–water partition coefficient (Wildman–Crippen LogP) is 0.930. The number of ether oxygens (including phenoxy) is 1. The largest absolute Gasteiger partial charge is 0.378 e. The van der Waals surface area contributed by atoms with Gasteiger partial charge in [0.2, 0.25) is 0 Å². The van der Waals surface area contributed by atoms with E-state index in [9.17, 15) is 9.59 Å². The van der Waals surface area contributed by atoms with Gasteiger partial charge in [0.05, 0.1) is 18.1 Å². The summed E-state index contributed by atoms with van der Waals surface area (Å²) < 4.78 is 5.12. The number of nitrogens with zero attached hydrogens (tertiary/aromatic N) is 1. The standard InChI is InChI=1S/C10H12N2O3S/c13-9(8-2-1-7-16-8)11-10(14)12-3-5-15-6-4-12/h1-2,7H,3-6H2,(H,11,13,14). The average molecular weight is 240 g/mol. The minimum atomic E-state index is -0.346. The number of hydrogen-bond acceptors (Lipinski definition) is 4. The van der Waals surface area contributed by atoms with Crippen molar-refractivity contribution in [3.63, 3.8) is 0 Å². The van der Waals surface area contributed by atoms with Crippen molar-refractivity contribution in [3.05, 3.63) is 22.4 Å². The Kier molecular flexibility index (Phi) is 3.53. The molecule has 16 heavy (non-hydrogen) atoms. The number of urea groups is 1. The normalized spacial score (nSPS) is 15.9. The molecule has 6 heteroatoms. The van der Waals surface area contributed by atoms with Crippen molar-refractivity contribution in [2.45, 2.75) is 0 Å². The van der Waals surface area contributed by atoms with Crippen LogP contribution < -0.4 is 5.32 Å². The average Bonchev–Trinajstić information content (AvgIpc) is 2.83. The second kappa shape index (κ2) is 5.09. The van der Waals surface area contributed by atoms with E-state index in [1.165, 1.54) is 11.3 Å². The van der Waals surface area contributed by atoms with Gasteiger partial charge in [-0.2, -0.15) is 0 Å². The Morgan fingerprint density at radius 2 is 2.12 bits per heavy atom. The number of carbonyl (C=O) groups excluding carboxylic acids is 2. The van der Waals surface area contributed by atoms with Crippen LogP contribution in [0, 0.1) is 0 Å². The summed E-state index contributed by atoms with van der Waals surface area (Å²) in [4.78, 5) is 25.3. The van der Waals surface area contributed by atoms with Crippen LogP contribution in [-0.2, 0) is 4.74 Å². The fourth-order valence-electron chi connectivity index (χ4n) is 1.41. The van der Waals surface area contributed by atoms with E-state index in [1.54, 1.807) is 22.4 Å². The maximum Gasteiger partial charge on any atom is 0.324 e. The Morgan fingerprint density at radius 1 is 1.38 bits per heavy atom. The summed E-state index contributed by atoms with van der Waals surface area (Å²) in [7, 11) is 0. The number of imide groups is 1. The van der Waals surface area contributed by atoms with Gasteiger partial charge in [0, 0.05) is 13.1 Å². The molecule has 1 N–H and O–H groups in total. The highest BCUT2D eigenvalue weighted by Gasteiger charge is 2.19. The van der Waals surface area contributed by atoms with Crippen LogP contribution in [0.15, 0.2) is 17.5 Å². The molecule has 86 valence electrons. The first-order valence-electron chi connectivity index (χ1n) is 4.99. The minimum absolute atomic E-state index is 0.341. The molecule has 1 aromatic heterocycles. The number of thiophene rings is 1. The molecule has 0 bridgehead atoms. The lowest BCUT2D eigenvalue weighted by Crippen LogP contribution is -2.47. The molecule has 2 rings (SSSR count). The molecule has 5 nitrogen and oxygen atoms in total. The quantitative estimate of drug-likeness (QED) is 0.794. The van der Waals surface area contributed by atoms with Crippen LogP contribution in [0.5, 0.6) is 0 Å². The van der Waals surface area contributed by atoms with Crippen molar-refractivity contribution in [2.24, 2.45) is 0 Å². The zero-order valence-electron chi connectivity index (χ0n) is 8.64. The Balaban J connectivity index is 1.89. The van der Waals surface area contributed by atoms with E-state index in [0.29, 0.717) is 31.2 Å². The Hall–Kier alpha value is -1.40. The van der Waals surface area contributed by atoms with Gasteiger partial charge in [-0.25, -0.2) is 4.79 Å². The molecule has 0 aliphatic carbocycles. The van der Waals surface area contributed by atoms with Crippen molar-refractivity contribution in [1.82, 2.24) is 10.2 Å². The second-order valence-corrected chi connectivity index (χ2v) is 4.28. The van der Waals surface area contributed by atoms with Gasteiger partial charge in [-0.15, -0.1) is 11.3 Å². The molecule has 0 atom stereocenters. The van der Waals surface area contributed by atoms with E-state index >= 15 is 0 Å². The van der Waals surface area contributed by atoms with Gasteiger partial charge in [0.1, 0.15) is 0 Å². The smallest absolute Gasteiger partial charge is 0.324 e. The third kappa shape index (κ3) is 2.59. The van der Waals surface area contributed by atoms with Gasteiger partial charge in [-0.3, -0.25) is 10.1 Å². The van der Waals surface area contributed by atoms with E-state index in [1.807, 2.05) is 0 Å². The van der Waals surface area contributed by atoms with Crippen LogP contribution >= 0.6 is 11.3 Å². The molecule has 1 aliphatic heterocycles.